The number of benzene rings is 5. The highest BCUT2D eigenvalue weighted by molar-refractivity contribution is 6.04. The van der Waals surface area contributed by atoms with Gasteiger partial charge in [0.1, 0.15) is 11.6 Å². The molecule has 3 N–H and O–H groups in total. The topological polar surface area (TPSA) is 118 Å². The Hall–Kier alpha value is -8.86. The highest BCUT2D eigenvalue weighted by atomic mass is 16.4. The first-order chi connectivity index (χ1) is 31.0. The summed E-state index contributed by atoms with van der Waals surface area (Å²) in [5.74, 6) is -1.26. The van der Waals surface area contributed by atoms with Crippen LogP contribution in [0.4, 0.5) is 0 Å². The minimum atomic E-state index is -1.26. The van der Waals surface area contributed by atoms with Gasteiger partial charge in [-0.3, -0.25) is 0 Å². The van der Waals surface area contributed by atoms with E-state index in [0.29, 0.717) is 5.56 Å². The van der Waals surface area contributed by atoms with Gasteiger partial charge in [-0.15, -0.1) is 0 Å². The summed E-state index contributed by atoms with van der Waals surface area (Å²) in [7, 11) is 0. The van der Waals surface area contributed by atoms with Crippen molar-refractivity contribution in [2.24, 2.45) is 0 Å². The van der Waals surface area contributed by atoms with Crippen molar-refractivity contribution in [2.45, 2.75) is 0 Å². The zero-order valence-corrected chi connectivity index (χ0v) is 33.8. The second-order valence-electron chi connectivity index (χ2n) is 15.2. The van der Waals surface area contributed by atoms with E-state index < -0.39 is 5.97 Å². The molecule has 5 aromatic carbocycles. The molecule has 0 amide bonds. The summed E-state index contributed by atoms with van der Waals surface area (Å²) in [5, 5.41) is 18.7. The molecule has 8 aromatic rings. The van der Waals surface area contributed by atoms with Crippen molar-refractivity contribution in [3.8, 4) is 50.6 Å². The van der Waals surface area contributed by atoms with Crippen LogP contribution in [0, 0.1) is 11.3 Å². The number of carboxylic acids is 1. The SMILES string of the molecule is N#C/C(=C\c1ccc(/C=C\C2=Cc3nc2c(-c2ccccc2)c2ccc([nH]2)c(-c2ccccc2)c2nc(c(-c4ccccc4)c4ccc([nH]4)c3-c3ccccc3)C=C2)cc1)C(=O)O. The van der Waals surface area contributed by atoms with Crippen molar-refractivity contribution in [1.82, 2.24) is 19.9 Å². The average Bonchev–Trinajstić information content (AvgIpc) is 4.17. The number of H-pyrrole nitrogens is 2. The Morgan fingerprint density at radius 1 is 0.492 bits per heavy atom. The van der Waals surface area contributed by atoms with E-state index in [9.17, 15) is 15.2 Å². The highest BCUT2D eigenvalue weighted by Crippen LogP contribution is 2.40. The van der Waals surface area contributed by atoms with Crippen molar-refractivity contribution in [3.63, 3.8) is 0 Å². The summed E-state index contributed by atoms with van der Waals surface area (Å²) in [6.07, 6.45) is 11.8. The van der Waals surface area contributed by atoms with Gasteiger partial charge in [-0.1, -0.05) is 158 Å². The van der Waals surface area contributed by atoms with Crippen LogP contribution in [0.2, 0.25) is 0 Å². The van der Waals surface area contributed by atoms with E-state index >= 15 is 0 Å². The molecule has 63 heavy (non-hydrogen) atoms. The first kappa shape index (κ1) is 38.3. The lowest BCUT2D eigenvalue weighted by Gasteiger charge is -2.08. The van der Waals surface area contributed by atoms with Crippen molar-refractivity contribution in [1.29, 1.82) is 5.26 Å². The van der Waals surface area contributed by atoms with E-state index in [0.717, 1.165) is 100 Å². The number of carbonyl (C=O) groups is 1. The fourth-order valence-electron chi connectivity index (χ4n) is 8.26. The van der Waals surface area contributed by atoms with E-state index in [2.05, 4.69) is 131 Å². The third-order valence-electron chi connectivity index (χ3n) is 11.2. The number of aromatic nitrogens is 4. The molecule has 0 radical (unpaired) electrons. The minimum Gasteiger partial charge on any atom is -0.477 e. The maximum atomic E-state index is 11.5. The maximum absolute atomic E-state index is 11.5. The Balaban J connectivity index is 1.31. The molecule has 2 aliphatic heterocycles. The summed E-state index contributed by atoms with van der Waals surface area (Å²) in [6, 6.07) is 59.1. The molecule has 3 aromatic heterocycles. The normalized spacial score (nSPS) is 12.3. The predicted molar refractivity (Wildman–Crippen MR) is 256 cm³/mol. The van der Waals surface area contributed by atoms with Gasteiger partial charge in [0.15, 0.2) is 0 Å². The minimum absolute atomic E-state index is 0.325. The fraction of sp³-hybridized carbons (Fsp3) is 0. The number of rotatable bonds is 8. The van der Waals surface area contributed by atoms with Crippen molar-refractivity contribution >= 4 is 64.0 Å². The second-order valence-corrected chi connectivity index (χ2v) is 15.2. The van der Waals surface area contributed by atoms with Crippen LogP contribution in [0.25, 0.3) is 103 Å². The van der Waals surface area contributed by atoms with Crippen molar-refractivity contribution in [3.05, 3.63) is 215 Å². The van der Waals surface area contributed by atoms with Crippen LogP contribution in [-0.2, 0) is 4.79 Å². The van der Waals surface area contributed by atoms with Crippen LogP contribution >= 0.6 is 0 Å². The number of aliphatic carboxylic acids is 1. The number of hydrogen-bond acceptors (Lipinski definition) is 4. The molecular formula is C56H37N5O2. The first-order valence-electron chi connectivity index (χ1n) is 20.6. The van der Waals surface area contributed by atoms with Gasteiger partial charge in [-0.05, 0) is 82.0 Å². The molecule has 8 bridgehead atoms. The number of allylic oxidation sites excluding steroid dienone is 2. The van der Waals surface area contributed by atoms with E-state index in [1.807, 2.05) is 66.7 Å². The standard InChI is InChI=1S/C56H37N5O2/c57-35-43(56(62)63)33-37-23-21-36(22-24-37)25-26-42-34-50-53(40-17-9-3-10-18-40)48-30-29-46(59-48)51(38-13-5-1-6-14-38)44-27-28-45(58-44)52(39-15-7-2-8-16-39)47-31-32-49(60-47)54(55(42)61-50)41-19-11-4-12-20-41/h1-34,59-60H,(H,62,63)/b26-25-,43-33+,51-44?,51-46?,52-45?,52-47?,53-48?,53-50?,54-49?,55-54?. The van der Waals surface area contributed by atoms with Gasteiger partial charge in [-0.2, -0.15) is 5.26 Å². The Bertz CT molecular complexity index is 3390. The molecule has 0 aliphatic carbocycles. The van der Waals surface area contributed by atoms with Crippen LogP contribution in [0.3, 0.4) is 0 Å². The molecule has 7 heteroatoms. The van der Waals surface area contributed by atoms with Gasteiger partial charge >= 0.3 is 5.97 Å². The lowest BCUT2D eigenvalue weighted by atomic mass is 9.98. The molecule has 298 valence electrons. The van der Waals surface area contributed by atoms with Gasteiger partial charge in [-0.25, -0.2) is 14.8 Å². The largest absolute Gasteiger partial charge is 0.477 e. The van der Waals surface area contributed by atoms with Gasteiger partial charge in [0.25, 0.3) is 0 Å². The predicted octanol–water partition coefficient (Wildman–Crippen LogP) is 13.4. The monoisotopic (exact) mass is 811 g/mol. The summed E-state index contributed by atoms with van der Waals surface area (Å²) < 4.78 is 0. The first-order valence-corrected chi connectivity index (χ1v) is 20.6. The van der Waals surface area contributed by atoms with Crippen LogP contribution in [0.15, 0.2) is 182 Å². The Kier molecular flexibility index (Phi) is 10.1. The fourth-order valence-corrected chi connectivity index (χ4v) is 8.26. The molecule has 2 aliphatic rings. The third kappa shape index (κ3) is 7.61. The number of carboxylic acid groups (broad SMARTS) is 1. The maximum Gasteiger partial charge on any atom is 0.346 e. The molecule has 5 heterocycles. The number of nitrogens with zero attached hydrogens (tertiary/aromatic N) is 3. The van der Waals surface area contributed by atoms with Gasteiger partial charge < -0.3 is 15.1 Å². The molecule has 0 spiro atoms. The zero-order chi connectivity index (χ0) is 42.7. The molecule has 0 unspecified atom stereocenters. The van der Waals surface area contributed by atoms with Crippen molar-refractivity contribution < 1.29 is 9.90 Å². The zero-order valence-electron chi connectivity index (χ0n) is 33.8. The number of nitrogens with one attached hydrogen (secondary N) is 2. The number of fused-ring (bicyclic) bond motifs is 8. The number of hydrogen-bond donors (Lipinski definition) is 3. The number of nitriles is 1. The number of aromatic amines is 2. The average molecular weight is 812 g/mol. The lowest BCUT2D eigenvalue weighted by Crippen LogP contribution is -1.97. The molecule has 0 saturated heterocycles. The summed E-state index contributed by atoms with van der Waals surface area (Å²) in [6.45, 7) is 0. The lowest BCUT2D eigenvalue weighted by molar-refractivity contribution is -0.132. The second kappa shape index (κ2) is 16.7. The third-order valence-corrected chi connectivity index (χ3v) is 11.2. The van der Waals surface area contributed by atoms with E-state index in [-0.39, 0.29) is 5.57 Å². The Morgan fingerprint density at radius 3 is 1.35 bits per heavy atom. The van der Waals surface area contributed by atoms with E-state index in [4.69, 9.17) is 9.97 Å². The van der Waals surface area contributed by atoms with Gasteiger partial charge in [0, 0.05) is 49.9 Å². The molecular weight excluding hydrogens is 775 g/mol. The van der Waals surface area contributed by atoms with E-state index in [1.165, 1.54) is 6.08 Å². The molecule has 10 rings (SSSR count). The van der Waals surface area contributed by atoms with E-state index in [1.54, 1.807) is 18.2 Å². The van der Waals surface area contributed by atoms with Gasteiger partial charge in [0.2, 0.25) is 0 Å². The van der Waals surface area contributed by atoms with Gasteiger partial charge in [0.05, 0.1) is 22.8 Å². The molecule has 0 saturated carbocycles. The highest BCUT2D eigenvalue weighted by Gasteiger charge is 2.21. The van der Waals surface area contributed by atoms with Crippen LogP contribution in [0.5, 0.6) is 0 Å². The van der Waals surface area contributed by atoms with Crippen LogP contribution in [0.1, 0.15) is 33.9 Å². The summed E-state index contributed by atoms with van der Waals surface area (Å²) in [5.41, 5.74) is 16.9. The molecule has 0 fully saturated rings. The quantitative estimate of drug-likeness (QED) is 0.104. The van der Waals surface area contributed by atoms with Crippen molar-refractivity contribution in [2.75, 3.05) is 0 Å². The summed E-state index contributed by atoms with van der Waals surface area (Å²) in [4.78, 5) is 30.2. The smallest absolute Gasteiger partial charge is 0.346 e. The Labute approximate surface area is 363 Å². The molecule has 0 atom stereocenters. The van der Waals surface area contributed by atoms with Crippen LogP contribution < -0.4 is 0 Å². The molecule has 7 nitrogen and oxygen atoms in total. The van der Waals surface area contributed by atoms with Crippen LogP contribution in [-0.4, -0.2) is 31.0 Å². The Morgan fingerprint density at radius 2 is 0.905 bits per heavy atom. The summed E-state index contributed by atoms with van der Waals surface area (Å²) >= 11 is 0.